The molecule has 1 heterocycles. The topological polar surface area (TPSA) is 68.0 Å². The summed E-state index contributed by atoms with van der Waals surface area (Å²) in [5.41, 5.74) is 4.88. The minimum absolute atomic E-state index is 0.0233. The second-order valence-corrected chi connectivity index (χ2v) is 6.00. The van der Waals surface area contributed by atoms with Crippen molar-refractivity contribution in [3.8, 4) is 0 Å². The lowest BCUT2D eigenvalue weighted by Crippen LogP contribution is -2.51. The predicted octanol–water partition coefficient (Wildman–Crippen LogP) is 2.26. The Morgan fingerprint density at radius 3 is 2.44 bits per heavy atom. The summed E-state index contributed by atoms with van der Waals surface area (Å²) in [6, 6.07) is 0. The molecule has 1 rings (SSSR count). The molecular formula is C13H23N3OS. The molecule has 1 aromatic heterocycles. The van der Waals surface area contributed by atoms with Gasteiger partial charge in [0.05, 0.1) is 11.0 Å². The van der Waals surface area contributed by atoms with Crippen LogP contribution in [0, 0.1) is 5.41 Å². The van der Waals surface area contributed by atoms with Crippen LogP contribution in [0.25, 0.3) is 0 Å². The first-order chi connectivity index (χ1) is 8.41. The second kappa shape index (κ2) is 5.80. The molecule has 1 amide bonds. The van der Waals surface area contributed by atoms with Gasteiger partial charge in [-0.05, 0) is 26.7 Å². The van der Waals surface area contributed by atoms with Crippen molar-refractivity contribution < 1.29 is 4.79 Å². The van der Waals surface area contributed by atoms with Gasteiger partial charge in [0, 0.05) is 18.1 Å². The molecule has 0 fully saturated rings. The van der Waals surface area contributed by atoms with Crippen LogP contribution in [0.1, 0.15) is 45.5 Å². The molecule has 0 aliphatic heterocycles. The van der Waals surface area contributed by atoms with Crippen molar-refractivity contribution in [2.45, 2.75) is 46.1 Å². The SMILES string of the molecule is CCC(CC)(CN)C(=O)NC(C)(C)c1nccs1. The van der Waals surface area contributed by atoms with Gasteiger partial charge >= 0.3 is 0 Å². The quantitative estimate of drug-likeness (QED) is 0.832. The average Bonchev–Trinajstić information content (AvgIpc) is 2.85. The Morgan fingerprint density at radius 1 is 1.44 bits per heavy atom. The zero-order valence-electron chi connectivity index (χ0n) is 11.6. The van der Waals surface area contributed by atoms with Crippen molar-refractivity contribution in [1.29, 1.82) is 0 Å². The number of aromatic nitrogens is 1. The van der Waals surface area contributed by atoms with E-state index in [4.69, 9.17) is 5.73 Å². The van der Waals surface area contributed by atoms with Crippen molar-refractivity contribution in [2.24, 2.45) is 11.1 Å². The lowest BCUT2D eigenvalue weighted by molar-refractivity contribution is -0.132. The lowest BCUT2D eigenvalue weighted by atomic mass is 9.81. The largest absolute Gasteiger partial charge is 0.344 e. The molecule has 0 saturated carbocycles. The van der Waals surface area contributed by atoms with E-state index in [1.807, 2.05) is 33.1 Å². The zero-order valence-corrected chi connectivity index (χ0v) is 12.4. The Hall–Kier alpha value is -0.940. The fourth-order valence-electron chi connectivity index (χ4n) is 1.95. The van der Waals surface area contributed by atoms with Crippen molar-refractivity contribution in [1.82, 2.24) is 10.3 Å². The van der Waals surface area contributed by atoms with Gasteiger partial charge in [-0.3, -0.25) is 4.79 Å². The molecule has 1 aromatic rings. The lowest BCUT2D eigenvalue weighted by Gasteiger charge is -2.33. The maximum absolute atomic E-state index is 12.5. The highest BCUT2D eigenvalue weighted by Crippen LogP contribution is 2.29. The Labute approximate surface area is 113 Å². The number of nitrogens with two attached hydrogens (primary N) is 1. The molecular weight excluding hydrogens is 246 g/mol. The van der Waals surface area contributed by atoms with Crippen LogP contribution in [-0.4, -0.2) is 17.4 Å². The maximum atomic E-state index is 12.5. The molecule has 0 spiro atoms. The standard InChI is InChI=1S/C13H23N3OS/c1-5-13(6-2,9-14)10(17)16-12(3,4)11-15-7-8-18-11/h7-8H,5-6,9,14H2,1-4H3,(H,16,17). The van der Waals surface area contributed by atoms with Crippen LogP contribution in [0.5, 0.6) is 0 Å². The number of carbonyl (C=O) groups is 1. The summed E-state index contributed by atoms with van der Waals surface area (Å²) < 4.78 is 0. The Bertz CT molecular complexity index is 375. The highest BCUT2D eigenvalue weighted by atomic mass is 32.1. The molecule has 3 N–H and O–H groups in total. The number of hydrogen-bond donors (Lipinski definition) is 2. The molecule has 0 radical (unpaired) electrons. The minimum atomic E-state index is -0.464. The summed E-state index contributed by atoms with van der Waals surface area (Å²) in [4.78, 5) is 16.7. The van der Waals surface area contributed by atoms with Crippen molar-refractivity contribution in [2.75, 3.05) is 6.54 Å². The van der Waals surface area contributed by atoms with E-state index in [-0.39, 0.29) is 5.91 Å². The van der Waals surface area contributed by atoms with Crippen LogP contribution < -0.4 is 11.1 Å². The third kappa shape index (κ3) is 2.90. The molecule has 18 heavy (non-hydrogen) atoms. The molecule has 0 unspecified atom stereocenters. The third-order valence-corrected chi connectivity index (χ3v) is 4.72. The summed E-state index contributed by atoms with van der Waals surface area (Å²) in [5.74, 6) is 0.0233. The van der Waals surface area contributed by atoms with Crippen LogP contribution in [0.3, 0.4) is 0 Å². The van der Waals surface area contributed by atoms with E-state index in [9.17, 15) is 4.79 Å². The molecule has 0 saturated heterocycles. The third-order valence-electron chi connectivity index (χ3n) is 3.62. The predicted molar refractivity (Wildman–Crippen MR) is 75.4 cm³/mol. The molecule has 0 aliphatic carbocycles. The van der Waals surface area contributed by atoms with Crippen LogP contribution in [0.2, 0.25) is 0 Å². The van der Waals surface area contributed by atoms with E-state index in [1.54, 1.807) is 17.5 Å². The number of thiazole rings is 1. The van der Waals surface area contributed by atoms with Gasteiger partial charge in [0.2, 0.25) is 5.91 Å². The number of hydrogen-bond acceptors (Lipinski definition) is 4. The van der Waals surface area contributed by atoms with E-state index in [2.05, 4.69) is 10.3 Å². The summed E-state index contributed by atoms with van der Waals surface area (Å²) in [7, 11) is 0. The van der Waals surface area contributed by atoms with E-state index in [0.717, 1.165) is 17.8 Å². The van der Waals surface area contributed by atoms with Crippen LogP contribution >= 0.6 is 11.3 Å². The Balaban J connectivity index is 2.87. The first kappa shape index (κ1) is 15.1. The molecule has 5 heteroatoms. The number of carbonyl (C=O) groups excluding carboxylic acids is 1. The van der Waals surface area contributed by atoms with Gasteiger partial charge in [0.15, 0.2) is 0 Å². The van der Waals surface area contributed by atoms with Gasteiger partial charge in [0.1, 0.15) is 5.01 Å². The van der Waals surface area contributed by atoms with E-state index in [0.29, 0.717) is 6.54 Å². The van der Waals surface area contributed by atoms with E-state index >= 15 is 0 Å². The molecule has 0 atom stereocenters. The number of rotatable bonds is 6. The molecule has 0 aromatic carbocycles. The van der Waals surface area contributed by atoms with Crippen molar-refractivity contribution in [3.63, 3.8) is 0 Å². The van der Waals surface area contributed by atoms with Gasteiger partial charge in [-0.1, -0.05) is 13.8 Å². The summed E-state index contributed by atoms with van der Waals surface area (Å²) >= 11 is 1.55. The molecule has 0 bridgehead atoms. The van der Waals surface area contributed by atoms with E-state index in [1.165, 1.54) is 0 Å². The van der Waals surface area contributed by atoms with Gasteiger partial charge in [-0.2, -0.15) is 0 Å². The van der Waals surface area contributed by atoms with Gasteiger partial charge in [0.25, 0.3) is 0 Å². The van der Waals surface area contributed by atoms with E-state index < -0.39 is 11.0 Å². The molecule has 0 aliphatic rings. The van der Waals surface area contributed by atoms with Crippen LogP contribution in [0.4, 0.5) is 0 Å². The Kier molecular flexibility index (Phi) is 4.87. The minimum Gasteiger partial charge on any atom is -0.344 e. The smallest absolute Gasteiger partial charge is 0.228 e. The van der Waals surface area contributed by atoms with Crippen LogP contribution in [0.15, 0.2) is 11.6 Å². The summed E-state index contributed by atoms with van der Waals surface area (Å²) in [6.45, 7) is 8.32. The van der Waals surface area contributed by atoms with Gasteiger partial charge < -0.3 is 11.1 Å². The normalized spacial score (nSPS) is 12.5. The first-order valence-electron chi connectivity index (χ1n) is 6.34. The number of nitrogens with one attached hydrogen (secondary N) is 1. The second-order valence-electron chi connectivity index (χ2n) is 5.11. The highest BCUT2D eigenvalue weighted by molar-refractivity contribution is 7.09. The zero-order chi connectivity index (χ0) is 13.8. The maximum Gasteiger partial charge on any atom is 0.228 e. The number of amides is 1. The fraction of sp³-hybridized carbons (Fsp3) is 0.692. The summed E-state index contributed by atoms with van der Waals surface area (Å²) in [6.07, 6.45) is 3.25. The Morgan fingerprint density at radius 2 is 2.06 bits per heavy atom. The average molecular weight is 269 g/mol. The summed E-state index contributed by atoms with van der Waals surface area (Å²) in [5, 5.41) is 5.91. The highest BCUT2D eigenvalue weighted by Gasteiger charge is 2.37. The molecule has 4 nitrogen and oxygen atoms in total. The molecule has 102 valence electrons. The fourth-order valence-corrected chi connectivity index (χ4v) is 2.67. The number of nitrogens with zero attached hydrogens (tertiary/aromatic N) is 1. The van der Waals surface area contributed by atoms with Crippen molar-refractivity contribution >= 4 is 17.2 Å². The van der Waals surface area contributed by atoms with Crippen molar-refractivity contribution in [3.05, 3.63) is 16.6 Å². The van der Waals surface area contributed by atoms with Gasteiger partial charge in [-0.15, -0.1) is 11.3 Å². The monoisotopic (exact) mass is 269 g/mol. The first-order valence-corrected chi connectivity index (χ1v) is 7.22. The van der Waals surface area contributed by atoms with Gasteiger partial charge in [-0.25, -0.2) is 4.98 Å². The van der Waals surface area contributed by atoms with Crippen LogP contribution in [-0.2, 0) is 10.3 Å².